The summed E-state index contributed by atoms with van der Waals surface area (Å²) < 4.78 is 14.4. The molecule has 2 aliphatic rings. The number of urea groups is 1. The van der Waals surface area contributed by atoms with Crippen molar-refractivity contribution in [2.75, 3.05) is 38.6 Å². The highest BCUT2D eigenvalue weighted by Crippen LogP contribution is 2.34. The number of fused-ring (bicyclic) bond motifs is 1. The molecule has 0 spiro atoms. The van der Waals surface area contributed by atoms with E-state index in [9.17, 15) is 14.0 Å². The first-order chi connectivity index (χ1) is 11.9. The van der Waals surface area contributed by atoms with Gasteiger partial charge in [-0.3, -0.25) is 4.79 Å². The average molecular weight is 368 g/mol. The number of benzene rings is 1. The zero-order chi connectivity index (χ0) is 18.1. The Kier molecular flexibility index (Phi) is 5.18. The van der Waals surface area contributed by atoms with Crippen molar-refractivity contribution >= 4 is 29.2 Å². The van der Waals surface area contributed by atoms with Crippen LogP contribution < -0.4 is 4.90 Å². The number of nitrogens with zero attached hydrogens (tertiary/aromatic N) is 3. The third-order valence-corrected chi connectivity index (χ3v) is 5.19. The third-order valence-electron chi connectivity index (χ3n) is 4.97. The maximum Gasteiger partial charge on any atom is 0.319 e. The first kappa shape index (κ1) is 18.0. The van der Waals surface area contributed by atoms with Gasteiger partial charge in [0.05, 0.1) is 5.69 Å². The van der Waals surface area contributed by atoms with E-state index in [0.717, 1.165) is 18.4 Å². The summed E-state index contributed by atoms with van der Waals surface area (Å²) in [5, 5.41) is 0.362. The fraction of sp³-hybridized carbons (Fsp3) is 0.556. The lowest BCUT2D eigenvalue weighted by atomic mass is 9.93. The lowest BCUT2D eigenvalue weighted by Gasteiger charge is -2.37. The molecule has 1 aromatic carbocycles. The van der Waals surface area contributed by atoms with E-state index in [1.807, 2.05) is 0 Å². The van der Waals surface area contributed by atoms with E-state index in [1.54, 1.807) is 34.9 Å². The fourth-order valence-electron chi connectivity index (χ4n) is 3.69. The minimum atomic E-state index is -0.434. The van der Waals surface area contributed by atoms with E-state index in [2.05, 4.69) is 0 Å². The second-order valence-electron chi connectivity index (χ2n) is 6.93. The van der Waals surface area contributed by atoms with Crippen LogP contribution in [0.4, 0.5) is 14.9 Å². The van der Waals surface area contributed by atoms with E-state index in [-0.39, 0.29) is 17.9 Å². The Morgan fingerprint density at radius 3 is 2.52 bits per heavy atom. The molecule has 0 N–H and O–H groups in total. The summed E-state index contributed by atoms with van der Waals surface area (Å²) in [5.41, 5.74) is 1.18. The van der Waals surface area contributed by atoms with E-state index in [0.29, 0.717) is 43.2 Å². The molecular formula is C18H23ClFN3O2. The monoisotopic (exact) mass is 367 g/mol. The number of halogens is 2. The number of likely N-dealkylation sites (tertiary alicyclic amines) is 1. The molecule has 1 fully saturated rings. The number of carbonyl (C=O) groups excluding carboxylic acids is 2. The van der Waals surface area contributed by atoms with Gasteiger partial charge in [0.25, 0.3) is 0 Å². The first-order valence-electron chi connectivity index (χ1n) is 8.64. The predicted molar refractivity (Wildman–Crippen MR) is 95.5 cm³/mol. The topological polar surface area (TPSA) is 43.9 Å². The number of amides is 3. The number of hydrogen-bond acceptors (Lipinski definition) is 2. The summed E-state index contributed by atoms with van der Waals surface area (Å²) in [5.74, 6) is -0.651. The highest BCUT2D eigenvalue weighted by atomic mass is 35.5. The van der Waals surface area contributed by atoms with Gasteiger partial charge in [-0.25, -0.2) is 9.18 Å². The molecule has 3 rings (SSSR count). The predicted octanol–water partition coefficient (Wildman–Crippen LogP) is 3.15. The van der Waals surface area contributed by atoms with Crippen molar-refractivity contribution in [3.05, 3.63) is 28.5 Å². The molecule has 0 atom stereocenters. The first-order valence-corrected chi connectivity index (χ1v) is 9.02. The third kappa shape index (κ3) is 3.59. The van der Waals surface area contributed by atoms with Crippen LogP contribution in [-0.4, -0.2) is 55.5 Å². The van der Waals surface area contributed by atoms with Gasteiger partial charge in [0, 0.05) is 44.7 Å². The van der Waals surface area contributed by atoms with Crippen LogP contribution in [0.1, 0.15) is 24.8 Å². The molecule has 5 nitrogen and oxygen atoms in total. The Bertz CT molecular complexity index is 687. The van der Waals surface area contributed by atoms with Gasteiger partial charge in [-0.15, -0.1) is 0 Å². The van der Waals surface area contributed by atoms with Crippen LogP contribution in [0.2, 0.25) is 5.02 Å². The zero-order valence-electron chi connectivity index (χ0n) is 14.6. The molecule has 0 aromatic heterocycles. The highest BCUT2D eigenvalue weighted by molar-refractivity contribution is 6.30. The number of rotatable bonds is 1. The number of hydrogen-bond donors (Lipinski definition) is 0. The molecule has 0 unspecified atom stereocenters. The van der Waals surface area contributed by atoms with E-state index in [1.165, 1.54) is 6.07 Å². The van der Waals surface area contributed by atoms with Crippen molar-refractivity contribution in [1.82, 2.24) is 9.80 Å². The average Bonchev–Trinajstić information content (AvgIpc) is 2.59. The molecule has 7 heteroatoms. The van der Waals surface area contributed by atoms with Crippen LogP contribution in [0, 0.1) is 11.7 Å². The molecule has 2 heterocycles. The van der Waals surface area contributed by atoms with Crippen LogP contribution in [0.5, 0.6) is 0 Å². The normalized spacial score (nSPS) is 18.1. The van der Waals surface area contributed by atoms with Crippen LogP contribution in [-0.2, 0) is 11.2 Å². The maximum absolute atomic E-state index is 14.4. The molecule has 1 aromatic rings. The summed E-state index contributed by atoms with van der Waals surface area (Å²) >= 11 is 5.94. The molecular weight excluding hydrogens is 345 g/mol. The van der Waals surface area contributed by atoms with Gasteiger partial charge in [0.1, 0.15) is 5.82 Å². The molecule has 0 bridgehead atoms. The van der Waals surface area contributed by atoms with Gasteiger partial charge in [-0.1, -0.05) is 11.6 Å². The minimum absolute atomic E-state index is 0.0325. The molecule has 0 aliphatic carbocycles. The molecule has 0 saturated carbocycles. The molecule has 2 aliphatic heterocycles. The maximum atomic E-state index is 14.4. The van der Waals surface area contributed by atoms with E-state index < -0.39 is 5.82 Å². The Morgan fingerprint density at radius 2 is 1.88 bits per heavy atom. The number of carbonyl (C=O) groups is 2. The largest absolute Gasteiger partial charge is 0.331 e. The van der Waals surface area contributed by atoms with Gasteiger partial charge in [0.2, 0.25) is 5.91 Å². The van der Waals surface area contributed by atoms with Crippen molar-refractivity contribution in [3.8, 4) is 0 Å². The van der Waals surface area contributed by atoms with Crippen LogP contribution in [0.15, 0.2) is 12.1 Å². The standard InChI is InChI=1S/C18H23ClFN3O2/c1-21(2)18(25)22-8-5-12(6-9-22)17(24)23-7-3-4-13-10-14(19)11-15(20)16(13)23/h10-12H,3-9H2,1-2H3. The molecule has 25 heavy (non-hydrogen) atoms. The smallest absolute Gasteiger partial charge is 0.319 e. The molecule has 1 saturated heterocycles. The van der Waals surface area contributed by atoms with Crippen molar-refractivity contribution in [2.24, 2.45) is 5.92 Å². The number of piperidine rings is 1. The van der Waals surface area contributed by atoms with Gasteiger partial charge in [-0.2, -0.15) is 0 Å². The van der Waals surface area contributed by atoms with E-state index in [4.69, 9.17) is 11.6 Å². The SMILES string of the molecule is CN(C)C(=O)N1CCC(C(=O)N2CCCc3cc(Cl)cc(F)c32)CC1. The summed E-state index contributed by atoms with van der Waals surface area (Å²) in [6.45, 7) is 1.63. The number of aryl methyl sites for hydroxylation is 1. The van der Waals surface area contributed by atoms with Gasteiger partial charge in [-0.05, 0) is 43.4 Å². The summed E-state index contributed by atoms with van der Waals surface area (Å²) in [4.78, 5) is 29.9. The van der Waals surface area contributed by atoms with Crippen molar-refractivity contribution in [3.63, 3.8) is 0 Å². The minimum Gasteiger partial charge on any atom is -0.331 e. The summed E-state index contributed by atoms with van der Waals surface area (Å²) in [7, 11) is 3.44. The van der Waals surface area contributed by atoms with Crippen LogP contribution in [0.3, 0.4) is 0 Å². The zero-order valence-corrected chi connectivity index (χ0v) is 15.4. The molecule has 136 valence electrons. The Balaban J connectivity index is 1.73. The lowest BCUT2D eigenvalue weighted by Crippen LogP contribution is -2.48. The summed E-state index contributed by atoms with van der Waals surface area (Å²) in [6, 6.07) is 2.98. The van der Waals surface area contributed by atoms with Crippen molar-refractivity contribution in [2.45, 2.75) is 25.7 Å². The van der Waals surface area contributed by atoms with Gasteiger partial charge < -0.3 is 14.7 Å². The molecule has 3 amide bonds. The fourth-order valence-corrected chi connectivity index (χ4v) is 3.92. The number of anilines is 1. The second kappa shape index (κ2) is 7.20. The van der Waals surface area contributed by atoms with Crippen LogP contribution >= 0.6 is 11.6 Å². The van der Waals surface area contributed by atoms with Crippen molar-refractivity contribution < 1.29 is 14.0 Å². The van der Waals surface area contributed by atoms with Gasteiger partial charge >= 0.3 is 6.03 Å². The Labute approximate surface area is 152 Å². The van der Waals surface area contributed by atoms with Crippen molar-refractivity contribution in [1.29, 1.82) is 0 Å². The quantitative estimate of drug-likeness (QED) is 0.765. The van der Waals surface area contributed by atoms with Gasteiger partial charge in [0.15, 0.2) is 0 Å². The highest BCUT2D eigenvalue weighted by Gasteiger charge is 2.34. The van der Waals surface area contributed by atoms with Crippen LogP contribution in [0.25, 0.3) is 0 Å². The second-order valence-corrected chi connectivity index (χ2v) is 7.36. The Morgan fingerprint density at radius 1 is 1.20 bits per heavy atom. The molecule has 0 radical (unpaired) electrons. The Hall–Kier alpha value is -1.82. The van der Waals surface area contributed by atoms with E-state index >= 15 is 0 Å². The summed E-state index contributed by atoms with van der Waals surface area (Å²) in [6.07, 6.45) is 2.75. The lowest BCUT2D eigenvalue weighted by molar-refractivity contribution is -0.123.